The van der Waals surface area contributed by atoms with E-state index in [1.807, 2.05) is 0 Å². The maximum absolute atomic E-state index is 13.1. The zero-order valence-corrected chi connectivity index (χ0v) is 20.7. The van der Waals surface area contributed by atoms with E-state index in [2.05, 4.69) is 0 Å². The monoisotopic (exact) mass is 444 g/mol. The van der Waals surface area contributed by atoms with Gasteiger partial charge in [0.05, 0.1) is 35.4 Å². The molecule has 1 saturated carbocycles. The van der Waals surface area contributed by atoms with Gasteiger partial charge in [-0.1, -0.05) is 6.92 Å². The van der Waals surface area contributed by atoms with Crippen molar-refractivity contribution in [2.45, 2.75) is 50.2 Å². The van der Waals surface area contributed by atoms with E-state index in [1.54, 1.807) is 13.8 Å². The fourth-order valence-corrected chi connectivity index (χ4v) is 6.34. The molecule has 4 rings (SSSR count). The third kappa shape index (κ3) is 3.74. The number of sulfone groups is 1. The standard InChI is InChI=1S/C20H21O7S.K/c1-11-10-13(18(23)16-14(21)4-3-5-15(16)22)12(2)17-19(11)28(24,25)9-6-20(17)26-7-8-27-20;/h10H,3-9H2,1-2H3;/q-1;+1. The van der Waals surface area contributed by atoms with Gasteiger partial charge in [0.15, 0.2) is 15.6 Å². The summed E-state index contributed by atoms with van der Waals surface area (Å²) < 4.78 is 37.2. The SMILES string of the molecule is Cc1cc(C(=O)[C-]2C(=O)CCCC2=O)c(C)c2c1S(=O)(=O)CCC21OCCO1.[K+]. The number of rotatable bonds is 2. The van der Waals surface area contributed by atoms with E-state index >= 15 is 0 Å². The molecule has 29 heavy (non-hydrogen) atoms. The molecule has 1 aliphatic carbocycles. The minimum absolute atomic E-state index is 0. The summed E-state index contributed by atoms with van der Waals surface area (Å²) in [6, 6.07) is 1.46. The minimum Gasteiger partial charge on any atom is -0.343 e. The molecule has 2 heterocycles. The van der Waals surface area contributed by atoms with Crippen LogP contribution in [0.1, 0.15) is 52.7 Å². The number of carbonyl (C=O) groups excluding carboxylic acids is 3. The van der Waals surface area contributed by atoms with Crippen molar-refractivity contribution in [1.82, 2.24) is 0 Å². The molecule has 0 radical (unpaired) electrons. The Morgan fingerprint density at radius 3 is 2.28 bits per heavy atom. The van der Waals surface area contributed by atoms with E-state index in [1.165, 1.54) is 6.07 Å². The van der Waals surface area contributed by atoms with Gasteiger partial charge in [0.2, 0.25) is 0 Å². The van der Waals surface area contributed by atoms with E-state index in [0.29, 0.717) is 36.3 Å². The number of carbonyl (C=O) groups is 3. The van der Waals surface area contributed by atoms with Crippen LogP contribution in [0.5, 0.6) is 0 Å². The van der Waals surface area contributed by atoms with Gasteiger partial charge >= 0.3 is 51.4 Å². The Balaban J connectivity index is 0.00000240. The van der Waals surface area contributed by atoms with Crippen molar-refractivity contribution in [2.24, 2.45) is 0 Å². The molecule has 1 saturated heterocycles. The molecule has 0 aromatic heterocycles. The number of ketones is 3. The van der Waals surface area contributed by atoms with Crippen LogP contribution < -0.4 is 51.4 Å². The summed E-state index contributed by atoms with van der Waals surface area (Å²) in [7, 11) is -3.56. The molecule has 0 unspecified atom stereocenters. The van der Waals surface area contributed by atoms with E-state index < -0.39 is 33.0 Å². The van der Waals surface area contributed by atoms with E-state index in [4.69, 9.17) is 9.47 Å². The van der Waals surface area contributed by atoms with Crippen LogP contribution in [0.15, 0.2) is 11.0 Å². The van der Waals surface area contributed by atoms with Crippen molar-refractivity contribution in [3.8, 4) is 0 Å². The van der Waals surface area contributed by atoms with E-state index in [-0.39, 0.29) is 92.8 Å². The Hall–Kier alpha value is -0.394. The summed E-state index contributed by atoms with van der Waals surface area (Å²) in [6.45, 7) is 3.88. The third-order valence-corrected chi connectivity index (χ3v) is 7.60. The zero-order valence-electron chi connectivity index (χ0n) is 16.8. The quantitative estimate of drug-likeness (QED) is 0.319. The minimum atomic E-state index is -3.56. The Morgan fingerprint density at radius 1 is 1.10 bits per heavy atom. The summed E-state index contributed by atoms with van der Waals surface area (Å²) >= 11 is 0. The van der Waals surface area contributed by atoms with Crippen LogP contribution >= 0.6 is 0 Å². The Bertz CT molecular complexity index is 990. The molecule has 2 fully saturated rings. The van der Waals surface area contributed by atoms with Crippen molar-refractivity contribution in [3.63, 3.8) is 0 Å². The molecule has 0 amide bonds. The molecule has 1 aromatic rings. The largest absolute Gasteiger partial charge is 1.00 e. The van der Waals surface area contributed by atoms with E-state index in [0.717, 1.165) is 0 Å². The van der Waals surface area contributed by atoms with Crippen LogP contribution in [0, 0.1) is 19.8 Å². The summed E-state index contributed by atoms with van der Waals surface area (Å²) in [5.74, 6) is -3.18. The van der Waals surface area contributed by atoms with Gasteiger partial charge in [-0.3, -0.25) is 0 Å². The Morgan fingerprint density at radius 2 is 1.69 bits per heavy atom. The van der Waals surface area contributed by atoms with Crippen molar-refractivity contribution in [2.75, 3.05) is 19.0 Å². The molecule has 150 valence electrons. The summed E-state index contributed by atoms with van der Waals surface area (Å²) in [6.07, 6.45) is 0.912. The number of fused-ring (bicyclic) bond motifs is 2. The average Bonchev–Trinajstić information content (AvgIpc) is 3.09. The van der Waals surface area contributed by atoms with Crippen molar-refractivity contribution >= 4 is 27.2 Å². The summed E-state index contributed by atoms with van der Waals surface area (Å²) in [5, 5.41) is 0. The first kappa shape index (κ1) is 23.3. The average molecular weight is 445 g/mol. The maximum Gasteiger partial charge on any atom is 1.00 e. The van der Waals surface area contributed by atoms with Crippen molar-refractivity contribution in [1.29, 1.82) is 0 Å². The van der Waals surface area contributed by atoms with Crippen molar-refractivity contribution in [3.05, 3.63) is 34.2 Å². The van der Waals surface area contributed by atoms with Crippen LogP contribution in [0.2, 0.25) is 0 Å². The van der Waals surface area contributed by atoms with Gasteiger partial charge in [-0.25, -0.2) is 8.42 Å². The fraction of sp³-hybridized carbons (Fsp3) is 0.500. The molecular weight excluding hydrogens is 423 g/mol. The number of hydrogen-bond acceptors (Lipinski definition) is 7. The first-order valence-electron chi connectivity index (χ1n) is 9.31. The smallest absolute Gasteiger partial charge is 0.343 e. The second kappa shape index (κ2) is 8.27. The second-order valence-corrected chi connectivity index (χ2v) is 9.54. The van der Waals surface area contributed by atoms with Gasteiger partial charge in [-0.2, -0.15) is 0 Å². The first-order chi connectivity index (χ1) is 13.2. The van der Waals surface area contributed by atoms with Gasteiger partial charge in [0.1, 0.15) is 0 Å². The number of aryl methyl sites for hydroxylation is 1. The van der Waals surface area contributed by atoms with Gasteiger partial charge in [-0.05, 0) is 37.7 Å². The third-order valence-electron chi connectivity index (χ3n) is 5.71. The van der Waals surface area contributed by atoms with Crippen LogP contribution in [-0.2, 0) is 34.7 Å². The van der Waals surface area contributed by atoms with Gasteiger partial charge < -0.3 is 23.9 Å². The first-order valence-corrected chi connectivity index (χ1v) is 11.0. The van der Waals surface area contributed by atoms with E-state index in [9.17, 15) is 22.8 Å². The molecule has 1 aromatic carbocycles. The maximum atomic E-state index is 13.1. The molecule has 0 N–H and O–H groups in total. The van der Waals surface area contributed by atoms with Crippen LogP contribution in [0.3, 0.4) is 0 Å². The normalized spacial score (nSPS) is 22.3. The molecule has 0 atom stereocenters. The number of hydrogen-bond donors (Lipinski definition) is 0. The molecule has 2 aliphatic heterocycles. The van der Waals surface area contributed by atoms with Crippen LogP contribution in [0.25, 0.3) is 0 Å². The summed E-state index contributed by atoms with van der Waals surface area (Å²) in [4.78, 5) is 37.7. The summed E-state index contributed by atoms with van der Waals surface area (Å²) in [5.41, 5.74) is 1.26. The van der Waals surface area contributed by atoms with Crippen molar-refractivity contribution < 1.29 is 83.7 Å². The number of benzene rings is 1. The molecule has 3 aliphatic rings. The Kier molecular flexibility index (Phi) is 6.64. The molecule has 7 nitrogen and oxygen atoms in total. The molecular formula is C20H21KO7S. The molecule has 1 spiro atoms. The predicted octanol–water partition coefficient (Wildman–Crippen LogP) is -1.24. The van der Waals surface area contributed by atoms with Crippen LogP contribution in [-0.4, -0.2) is 44.7 Å². The Labute approximate surface area is 212 Å². The molecule has 9 heteroatoms. The number of Topliss-reactive ketones (excluding diaryl/α,β-unsaturated/α-hetero) is 3. The van der Waals surface area contributed by atoms with Gasteiger partial charge in [0, 0.05) is 17.8 Å². The number of ether oxygens (including phenoxy) is 2. The topological polar surface area (TPSA) is 104 Å². The fourth-order valence-electron chi connectivity index (χ4n) is 4.43. The zero-order chi connectivity index (χ0) is 20.3. The second-order valence-electron chi connectivity index (χ2n) is 7.49. The van der Waals surface area contributed by atoms with Gasteiger partial charge in [-0.15, -0.1) is 17.2 Å². The van der Waals surface area contributed by atoms with Gasteiger partial charge in [0.25, 0.3) is 0 Å². The molecule has 0 bridgehead atoms. The van der Waals surface area contributed by atoms with Crippen LogP contribution in [0.4, 0.5) is 0 Å². The predicted molar refractivity (Wildman–Crippen MR) is 97.6 cm³/mol.